The van der Waals surface area contributed by atoms with Crippen LogP contribution in [0.5, 0.6) is 0 Å². The van der Waals surface area contributed by atoms with Crippen molar-refractivity contribution in [2.45, 2.75) is 20.3 Å². The number of nitrogens with zero attached hydrogens (tertiary/aromatic N) is 2. The minimum Gasteiger partial charge on any atom is -0.351 e. The Morgan fingerprint density at radius 2 is 1.95 bits per heavy atom. The minimum atomic E-state index is -0.0449. The molecule has 0 radical (unpaired) electrons. The van der Waals surface area contributed by atoms with Gasteiger partial charge in [0, 0.05) is 24.8 Å². The molecule has 0 atom stereocenters. The second-order valence-corrected chi connectivity index (χ2v) is 5.02. The first kappa shape index (κ1) is 15.3. The molecule has 2 N–H and O–H groups in total. The molecule has 0 aliphatic heterocycles. The van der Waals surface area contributed by atoms with Gasteiger partial charge in [0.15, 0.2) is 0 Å². The molecule has 5 nitrogen and oxygen atoms in total. The van der Waals surface area contributed by atoms with Crippen molar-refractivity contribution in [2.75, 3.05) is 19.6 Å². The van der Waals surface area contributed by atoms with Gasteiger partial charge in [-0.05, 0) is 49.7 Å². The van der Waals surface area contributed by atoms with Crippen molar-refractivity contribution in [2.24, 2.45) is 0 Å². The molecule has 1 aromatic heterocycles. The lowest BCUT2D eigenvalue weighted by Gasteiger charge is -2.07. The zero-order valence-electron chi connectivity index (χ0n) is 12.6. The van der Waals surface area contributed by atoms with Crippen LogP contribution in [-0.2, 0) is 0 Å². The van der Waals surface area contributed by atoms with Crippen LogP contribution in [0, 0.1) is 6.92 Å². The lowest BCUT2D eigenvalue weighted by Crippen LogP contribution is -2.32. The molecule has 0 spiro atoms. The Hall–Kier alpha value is -2.14. The summed E-state index contributed by atoms with van der Waals surface area (Å²) < 4.78 is 1.80. The number of nitrogens with one attached hydrogen (secondary N) is 2. The summed E-state index contributed by atoms with van der Waals surface area (Å²) in [6.07, 6.45) is 4.86. The molecule has 112 valence electrons. The highest BCUT2D eigenvalue weighted by molar-refractivity contribution is 5.94. The van der Waals surface area contributed by atoms with E-state index in [9.17, 15) is 4.79 Å². The molecule has 2 aromatic rings. The summed E-state index contributed by atoms with van der Waals surface area (Å²) in [5, 5.41) is 10.4. The van der Waals surface area contributed by atoms with E-state index >= 15 is 0 Å². The molecular formula is C16H22N4O. The molecule has 0 unspecified atom stereocenters. The van der Waals surface area contributed by atoms with E-state index < -0.39 is 0 Å². The minimum absolute atomic E-state index is 0.0449. The van der Waals surface area contributed by atoms with E-state index in [1.807, 2.05) is 43.6 Å². The lowest BCUT2D eigenvalue weighted by molar-refractivity contribution is 0.0954. The quantitative estimate of drug-likeness (QED) is 0.764. The summed E-state index contributed by atoms with van der Waals surface area (Å²) in [4.78, 5) is 12.0. The second-order valence-electron chi connectivity index (χ2n) is 5.02. The monoisotopic (exact) mass is 286 g/mol. The molecule has 1 amide bonds. The summed E-state index contributed by atoms with van der Waals surface area (Å²) >= 11 is 0. The zero-order valence-corrected chi connectivity index (χ0v) is 12.6. The van der Waals surface area contributed by atoms with E-state index in [1.54, 1.807) is 4.68 Å². The van der Waals surface area contributed by atoms with E-state index in [-0.39, 0.29) is 5.91 Å². The van der Waals surface area contributed by atoms with Gasteiger partial charge in [0.2, 0.25) is 0 Å². The van der Waals surface area contributed by atoms with Gasteiger partial charge in [-0.1, -0.05) is 6.92 Å². The van der Waals surface area contributed by atoms with Crippen molar-refractivity contribution < 1.29 is 4.79 Å². The number of benzene rings is 1. The average molecular weight is 286 g/mol. The zero-order chi connectivity index (χ0) is 15.1. The lowest BCUT2D eigenvalue weighted by atomic mass is 10.2. The summed E-state index contributed by atoms with van der Waals surface area (Å²) in [6.45, 7) is 6.53. The fourth-order valence-electron chi connectivity index (χ4n) is 1.99. The number of carbonyl (C=O) groups is 1. The van der Waals surface area contributed by atoms with Crippen LogP contribution in [0.4, 0.5) is 0 Å². The number of rotatable bonds is 7. The van der Waals surface area contributed by atoms with E-state index in [0.29, 0.717) is 12.1 Å². The molecule has 5 heteroatoms. The molecule has 0 aliphatic carbocycles. The van der Waals surface area contributed by atoms with Crippen molar-refractivity contribution in [1.29, 1.82) is 0 Å². The van der Waals surface area contributed by atoms with Gasteiger partial charge >= 0.3 is 0 Å². The SMILES string of the molecule is CCCNCCNC(=O)c1ccc(-n2cc(C)cn2)cc1. The van der Waals surface area contributed by atoms with Crippen LogP contribution in [0.25, 0.3) is 5.69 Å². The van der Waals surface area contributed by atoms with Crippen LogP contribution in [0.1, 0.15) is 29.3 Å². The molecule has 0 aliphatic rings. The van der Waals surface area contributed by atoms with E-state index in [1.165, 1.54) is 0 Å². The van der Waals surface area contributed by atoms with Crippen LogP contribution in [-0.4, -0.2) is 35.3 Å². The Morgan fingerprint density at radius 3 is 2.57 bits per heavy atom. The predicted octanol–water partition coefficient (Wildman–Crippen LogP) is 1.91. The fraction of sp³-hybridized carbons (Fsp3) is 0.375. The van der Waals surface area contributed by atoms with Crippen molar-refractivity contribution in [1.82, 2.24) is 20.4 Å². The number of hydrogen-bond acceptors (Lipinski definition) is 3. The van der Waals surface area contributed by atoms with Gasteiger partial charge in [-0.25, -0.2) is 4.68 Å². The van der Waals surface area contributed by atoms with Gasteiger partial charge in [0.05, 0.1) is 11.9 Å². The van der Waals surface area contributed by atoms with Crippen molar-refractivity contribution in [3.63, 3.8) is 0 Å². The largest absolute Gasteiger partial charge is 0.351 e. The third-order valence-corrected chi connectivity index (χ3v) is 3.12. The summed E-state index contributed by atoms with van der Waals surface area (Å²) in [5.74, 6) is -0.0449. The number of carbonyl (C=O) groups excluding carboxylic acids is 1. The Labute approximate surface area is 125 Å². The number of hydrogen-bond donors (Lipinski definition) is 2. The maximum atomic E-state index is 12.0. The number of aryl methyl sites for hydroxylation is 1. The van der Waals surface area contributed by atoms with E-state index in [2.05, 4.69) is 22.7 Å². The molecule has 0 saturated carbocycles. The maximum absolute atomic E-state index is 12.0. The van der Waals surface area contributed by atoms with Crippen LogP contribution in [0.2, 0.25) is 0 Å². The first-order valence-electron chi connectivity index (χ1n) is 7.31. The number of amides is 1. The second kappa shape index (κ2) is 7.59. The van der Waals surface area contributed by atoms with Crippen molar-refractivity contribution in [3.05, 3.63) is 47.8 Å². The summed E-state index contributed by atoms with van der Waals surface area (Å²) in [5.41, 5.74) is 2.72. The molecule has 2 rings (SSSR count). The highest BCUT2D eigenvalue weighted by atomic mass is 16.1. The third-order valence-electron chi connectivity index (χ3n) is 3.12. The molecule has 1 aromatic carbocycles. The van der Waals surface area contributed by atoms with Gasteiger partial charge in [-0.3, -0.25) is 4.79 Å². The van der Waals surface area contributed by atoms with Crippen LogP contribution in [0.3, 0.4) is 0 Å². The van der Waals surface area contributed by atoms with Crippen LogP contribution in [0.15, 0.2) is 36.7 Å². The summed E-state index contributed by atoms with van der Waals surface area (Å²) in [6, 6.07) is 7.44. The number of aromatic nitrogens is 2. The average Bonchev–Trinajstić information content (AvgIpc) is 2.93. The standard InChI is InChI=1S/C16H22N4O/c1-3-8-17-9-10-18-16(21)14-4-6-15(7-5-14)20-12-13(2)11-19-20/h4-7,11-12,17H,3,8-10H2,1-2H3,(H,18,21). The van der Waals surface area contributed by atoms with Gasteiger partial charge in [0.25, 0.3) is 5.91 Å². The summed E-state index contributed by atoms with van der Waals surface area (Å²) in [7, 11) is 0. The highest BCUT2D eigenvalue weighted by Gasteiger charge is 2.05. The Kier molecular flexibility index (Phi) is 5.51. The molecule has 0 saturated heterocycles. The van der Waals surface area contributed by atoms with Gasteiger partial charge in [0.1, 0.15) is 0 Å². The predicted molar refractivity (Wildman–Crippen MR) is 83.8 cm³/mol. The Balaban J connectivity index is 1.88. The first-order chi connectivity index (χ1) is 10.2. The normalized spacial score (nSPS) is 10.6. The fourth-order valence-corrected chi connectivity index (χ4v) is 1.99. The molecule has 0 bridgehead atoms. The maximum Gasteiger partial charge on any atom is 0.251 e. The molecular weight excluding hydrogens is 264 g/mol. The topological polar surface area (TPSA) is 58.9 Å². The first-order valence-corrected chi connectivity index (χ1v) is 7.31. The van der Waals surface area contributed by atoms with Crippen molar-refractivity contribution in [3.8, 4) is 5.69 Å². The molecule has 1 heterocycles. The van der Waals surface area contributed by atoms with Crippen LogP contribution >= 0.6 is 0 Å². The smallest absolute Gasteiger partial charge is 0.251 e. The Morgan fingerprint density at radius 1 is 1.19 bits per heavy atom. The molecule has 0 fully saturated rings. The van der Waals surface area contributed by atoms with E-state index in [0.717, 1.165) is 30.8 Å². The molecule has 21 heavy (non-hydrogen) atoms. The Bertz CT molecular complexity index is 574. The van der Waals surface area contributed by atoms with Gasteiger partial charge in [-0.15, -0.1) is 0 Å². The van der Waals surface area contributed by atoms with E-state index in [4.69, 9.17) is 0 Å². The highest BCUT2D eigenvalue weighted by Crippen LogP contribution is 2.09. The van der Waals surface area contributed by atoms with Crippen molar-refractivity contribution >= 4 is 5.91 Å². The third kappa shape index (κ3) is 4.43. The van der Waals surface area contributed by atoms with Gasteiger partial charge in [-0.2, -0.15) is 5.10 Å². The van der Waals surface area contributed by atoms with Crippen LogP contribution < -0.4 is 10.6 Å². The van der Waals surface area contributed by atoms with Gasteiger partial charge < -0.3 is 10.6 Å².